The maximum atomic E-state index is 10.7. The van der Waals surface area contributed by atoms with Crippen molar-refractivity contribution < 1.29 is 9.90 Å². The highest BCUT2D eigenvalue weighted by Gasteiger charge is 2.09. The van der Waals surface area contributed by atoms with Crippen molar-refractivity contribution in [2.24, 2.45) is 5.92 Å². The maximum Gasteiger partial charge on any atom is 0.323 e. The molecule has 18 heavy (non-hydrogen) atoms. The van der Waals surface area contributed by atoms with E-state index in [1.54, 1.807) is 24.9 Å². The predicted molar refractivity (Wildman–Crippen MR) is 71.0 cm³/mol. The second kappa shape index (κ2) is 6.18. The standard InChI is InChI=1S/C12H20N4O2/c1-8(2)6-13-10-5-11(15-9(3)14-10)16(4)7-12(17)18/h5,8H,6-7H2,1-4H3,(H,17,18)(H,13,14,15). The molecule has 0 amide bonds. The summed E-state index contributed by atoms with van der Waals surface area (Å²) in [4.78, 5) is 20.7. The van der Waals surface area contributed by atoms with Crippen LogP contribution in [0.4, 0.5) is 11.6 Å². The van der Waals surface area contributed by atoms with E-state index in [0.717, 1.165) is 12.4 Å². The Balaban J connectivity index is 2.82. The van der Waals surface area contributed by atoms with Gasteiger partial charge in [0.05, 0.1) is 0 Å². The van der Waals surface area contributed by atoms with E-state index in [-0.39, 0.29) is 6.54 Å². The van der Waals surface area contributed by atoms with Crippen LogP contribution in [0.1, 0.15) is 19.7 Å². The third-order valence-electron chi connectivity index (χ3n) is 2.28. The summed E-state index contributed by atoms with van der Waals surface area (Å²) in [6.07, 6.45) is 0. The first-order chi connectivity index (χ1) is 8.38. The van der Waals surface area contributed by atoms with Crippen molar-refractivity contribution in [1.29, 1.82) is 0 Å². The second-order valence-electron chi connectivity index (χ2n) is 4.68. The monoisotopic (exact) mass is 252 g/mol. The molecule has 6 heteroatoms. The molecule has 0 spiro atoms. The number of likely N-dealkylation sites (N-methyl/N-ethyl adjacent to an activating group) is 1. The molecule has 1 aromatic rings. The van der Waals surface area contributed by atoms with E-state index in [9.17, 15) is 4.79 Å². The number of nitrogens with one attached hydrogen (secondary N) is 1. The van der Waals surface area contributed by atoms with E-state index in [2.05, 4.69) is 29.1 Å². The molecule has 0 aliphatic rings. The highest BCUT2D eigenvalue weighted by atomic mass is 16.4. The average Bonchev–Trinajstić information content (AvgIpc) is 2.24. The number of nitrogens with zero attached hydrogens (tertiary/aromatic N) is 3. The summed E-state index contributed by atoms with van der Waals surface area (Å²) in [5.41, 5.74) is 0. The molecule has 1 heterocycles. The number of rotatable bonds is 6. The molecule has 0 fully saturated rings. The molecule has 0 atom stereocenters. The average molecular weight is 252 g/mol. The highest BCUT2D eigenvalue weighted by molar-refractivity contribution is 5.73. The summed E-state index contributed by atoms with van der Waals surface area (Å²) in [7, 11) is 1.70. The number of aromatic nitrogens is 2. The zero-order chi connectivity index (χ0) is 13.7. The van der Waals surface area contributed by atoms with Crippen molar-refractivity contribution in [2.45, 2.75) is 20.8 Å². The van der Waals surface area contributed by atoms with Crippen LogP contribution in [-0.2, 0) is 4.79 Å². The summed E-state index contributed by atoms with van der Waals surface area (Å²) < 4.78 is 0. The molecule has 2 N–H and O–H groups in total. The fraction of sp³-hybridized carbons (Fsp3) is 0.583. The first kappa shape index (κ1) is 14.2. The Kier molecular flexibility index (Phi) is 4.88. The lowest BCUT2D eigenvalue weighted by Gasteiger charge is -2.17. The van der Waals surface area contributed by atoms with Crippen molar-refractivity contribution in [3.63, 3.8) is 0 Å². The van der Waals surface area contributed by atoms with Crippen molar-refractivity contribution in [3.05, 3.63) is 11.9 Å². The molecular weight excluding hydrogens is 232 g/mol. The quantitative estimate of drug-likeness (QED) is 0.796. The van der Waals surface area contributed by atoms with E-state index >= 15 is 0 Å². The van der Waals surface area contributed by atoms with E-state index in [4.69, 9.17) is 5.11 Å². The number of aliphatic carboxylic acids is 1. The summed E-state index contributed by atoms with van der Waals surface area (Å²) in [5.74, 6) is 1.58. The number of anilines is 2. The van der Waals surface area contributed by atoms with E-state index in [0.29, 0.717) is 17.6 Å². The van der Waals surface area contributed by atoms with Crippen LogP contribution >= 0.6 is 0 Å². The van der Waals surface area contributed by atoms with E-state index in [1.807, 2.05) is 0 Å². The molecule has 0 aliphatic heterocycles. The molecule has 0 unspecified atom stereocenters. The Morgan fingerprint density at radius 3 is 2.72 bits per heavy atom. The Morgan fingerprint density at radius 2 is 2.17 bits per heavy atom. The van der Waals surface area contributed by atoms with Gasteiger partial charge in [-0.2, -0.15) is 0 Å². The van der Waals surface area contributed by atoms with Gasteiger partial charge in [-0.05, 0) is 12.8 Å². The van der Waals surface area contributed by atoms with E-state index in [1.165, 1.54) is 0 Å². The molecule has 0 saturated heterocycles. The summed E-state index contributed by atoms with van der Waals surface area (Å²) in [5, 5.41) is 12.0. The van der Waals surface area contributed by atoms with E-state index < -0.39 is 5.97 Å². The van der Waals surface area contributed by atoms with Crippen LogP contribution in [0.5, 0.6) is 0 Å². The molecule has 1 rings (SSSR count). The third kappa shape index (κ3) is 4.57. The zero-order valence-electron chi connectivity index (χ0n) is 11.3. The number of carbonyl (C=O) groups is 1. The molecule has 0 aromatic carbocycles. The number of carboxylic acid groups (broad SMARTS) is 1. The SMILES string of the molecule is Cc1nc(NCC(C)C)cc(N(C)CC(=O)O)n1. The van der Waals surface area contributed by atoms with Crippen molar-refractivity contribution >= 4 is 17.6 Å². The van der Waals surface area contributed by atoms with Gasteiger partial charge in [0, 0.05) is 19.7 Å². The minimum absolute atomic E-state index is 0.0833. The fourth-order valence-electron chi connectivity index (χ4n) is 1.43. The summed E-state index contributed by atoms with van der Waals surface area (Å²) >= 11 is 0. The molecule has 0 radical (unpaired) electrons. The molecule has 0 saturated carbocycles. The van der Waals surface area contributed by atoms with Gasteiger partial charge in [0.1, 0.15) is 24.0 Å². The lowest BCUT2D eigenvalue weighted by molar-refractivity contribution is -0.135. The van der Waals surface area contributed by atoms with Crippen molar-refractivity contribution in [1.82, 2.24) is 9.97 Å². The largest absolute Gasteiger partial charge is 0.480 e. The zero-order valence-corrected chi connectivity index (χ0v) is 11.3. The summed E-state index contributed by atoms with van der Waals surface area (Å²) in [6, 6.07) is 1.76. The third-order valence-corrected chi connectivity index (χ3v) is 2.28. The predicted octanol–water partition coefficient (Wildman–Crippen LogP) is 1.37. The summed E-state index contributed by atoms with van der Waals surface area (Å²) in [6.45, 7) is 6.74. The fourth-order valence-corrected chi connectivity index (χ4v) is 1.43. The van der Waals surface area contributed by atoms with Gasteiger partial charge in [0.2, 0.25) is 0 Å². The lowest BCUT2D eigenvalue weighted by Crippen LogP contribution is -2.26. The first-order valence-electron chi connectivity index (χ1n) is 5.91. The van der Waals surface area contributed by atoms with Gasteiger partial charge in [-0.3, -0.25) is 4.79 Å². The van der Waals surface area contributed by atoms with Crippen LogP contribution in [0, 0.1) is 12.8 Å². The number of hydrogen-bond acceptors (Lipinski definition) is 5. The highest BCUT2D eigenvalue weighted by Crippen LogP contribution is 2.14. The van der Waals surface area contributed by atoms with Gasteiger partial charge in [-0.1, -0.05) is 13.8 Å². The number of carboxylic acids is 1. The molecule has 100 valence electrons. The van der Waals surface area contributed by atoms with Crippen molar-refractivity contribution in [3.8, 4) is 0 Å². The van der Waals surface area contributed by atoms with Crippen LogP contribution in [-0.4, -0.2) is 41.2 Å². The molecule has 1 aromatic heterocycles. The molecule has 0 aliphatic carbocycles. The van der Waals surface area contributed by atoms with Gasteiger partial charge >= 0.3 is 5.97 Å². The van der Waals surface area contributed by atoms with Gasteiger partial charge in [-0.15, -0.1) is 0 Å². The Bertz CT molecular complexity index is 421. The van der Waals surface area contributed by atoms with Crippen LogP contribution in [0.15, 0.2) is 6.07 Å². The first-order valence-corrected chi connectivity index (χ1v) is 5.91. The van der Waals surface area contributed by atoms with Crippen LogP contribution in [0.25, 0.3) is 0 Å². The molecular formula is C12H20N4O2. The van der Waals surface area contributed by atoms with Crippen LogP contribution in [0.2, 0.25) is 0 Å². The van der Waals surface area contributed by atoms with Crippen molar-refractivity contribution in [2.75, 3.05) is 30.4 Å². The second-order valence-corrected chi connectivity index (χ2v) is 4.68. The Labute approximate surface area is 107 Å². The normalized spacial score (nSPS) is 10.5. The number of hydrogen-bond donors (Lipinski definition) is 2. The smallest absolute Gasteiger partial charge is 0.323 e. The van der Waals surface area contributed by atoms with Gasteiger partial charge in [0.25, 0.3) is 0 Å². The van der Waals surface area contributed by atoms with Crippen LogP contribution in [0.3, 0.4) is 0 Å². The van der Waals surface area contributed by atoms with Gasteiger partial charge < -0.3 is 15.3 Å². The topological polar surface area (TPSA) is 78.4 Å². The van der Waals surface area contributed by atoms with Gasteiger partial charge in [-0.25, -0.2) is 9.97 Å². The minimum atomic E-state index is -0.884. The molecule has 6 nitrogen and oxygen atoms in total. The number of aryl methyl sites for hydroxylation is 1. The minimum Gasteiger partial charge on any atom is -0.480 e. The lowest BCUT2D eigenvalue weighted by atomic mass is 10.2. The molecule has 0 bridgehead atoms. The Hall–Kier alpha value is -1.85. The Morgan fingerprint density at radius 1 is 1.50 bits per heavy atom. The maximum absolute atomic E-state index is 10.7. The van der Waals surface area contributed by atoms with Gasteiger partial charge in [0.15, 0.2) is 0 Å². The van der Waals surface area contributed by atoms with Crippen LogP contribution < -0.4 is 10.2 Å².